The molecule has 0 radical (unpaired) electrons. The Morgan fingerprint density at radius 2 is 2.31 bits per heavy atom. The molecule has 0 spiro atoms. The van der Waals surface area contributed by atoms with Gasteiger partial charge in [0.2, 0.25) is 0 Å². The Morgan fingerprint density at radius 1 is 1.54 bits per heavy atom. The molecule has 70 valence electrons. The number of hydrogen-bond donors (Lipinski definition) is 0. The van der Waals surface area contributed by atoms with Crippen molar-refractivity contribution >= 4 is 17.6 Å². The van der Waals surface area contributed by atoms with E-state index in [0.29, 0.717) is 0 Å². The first-order chi connectivity index (χ1) is 6.35. The van der Waals surface area contributed by atoms with Crippen LogP contribution in [0.25, 0.3) is 0 Å². The molecule has 0 aromatic carbocycles. The summed E-state index contributed by atoms with van der Waals surface area (Å²) in [5.41, 5.74) is 1.79. The minimum atomic E-state index is -0.0491. The van der Waals surface area contributed by atoms with Crippen LogP contribution in [0.5, 0.6) is 0 Å². The lowest BCUT2D eigenvalue weighted by molar-refractivity contribution is -0.115. The Hall–Kier alpha value is -0.700. The van der Waals surface area contributed by atoms with Crippen LogP contribution in [-0.4, -0.2) is 11.3 Å². The van der Waals surface area contributed by atoms with E-state index in [1.54, 1.807) is 11.3 Å². The maximum Gasteiger partial charge on any atom is 0.126 e. The summed E-state index contributed by atoms with van der Waals surface area (Å²) in [6.45, 7) is 0. The standard InChI is InChI=1S/C10H13NOS/c12-7-10(3-1-2-4-10)5-9-6-11-8-13-9/h6-8H,1-5H2. The van der Waals surface area contributed by atoms with Crippen molar-refractivity contribution in [2.45, 2.75) is 32.1 Å². The van der Waals surface area contributed by atoms with Crippen molar-refractivity contribution in [1.29, 1.82) is 0 Å². The SMILES string of the molecule is O=CC1(Cc2cncs2)CCCC1. The van der Waals surface area contributed by atoms with Crippen LogP contribution in [0.3, 0.4) is 0 Å². The van der Waals surface area contributed by atoms with Crippen molar-refractivity contribution in [1.82, 2.24) is 4.98 Å². The molecule has 1 saturated carbocycles. The summed E-state index contributed by atoms with van der Waals surface area (Å²) in [6.07, 6.45) is 8.49. The van der Waals surface area contributed by atoms with Gasteiger partial charge in [0.05, 0.1) is 5.51 Å². The van der Waals surface area contributed by atoms with Crippen LogP contribution in [0.2, 0.25) is 0 Å². The summed E-state index contributed by atoms with van der Waals surface area (Å²) in [6, 6.07) is 0. The van der Waals surface area contributed by atoms with E-state index in [1.807, 2.05) is 11.7 Å². The van der Waals surface area contributed by atoms with Crippen LogP contribution >= 0.6 is 11.3 Å². The molecule has 0 unspecified atom stereocenters. The smallest absolute Gasteiger partial charge is 0.126 e. The van der Waals surface area contributed by atoms with Gasteiger partial charge < -0.3 is 4.79 Å². The summed E-state index contributed by atoms with van der Waals surface area (Å²) >= 11 is 1.65. The van der Waals surface area contributed by atoms with Crippen LogP contribution in [0, 0.1) is 5.41 Å². The Labute approximate surface area is 82.0 Å². The highest BCUT2D eigenvalue weighted by Gasteiger charge is 2.33. The molecule has 1 aromatic heterocycles. The van der Waals surface area contributed by atoms with Crippen LogP contribution in [0.1, 0.15) is 30.6 Å². The van der Waals surface area contributed by atoms with Crippen LogP contribution in [0.4, 0.5) is 0 Å². The molecule has 0 saturated heterocycles. The van der Waals surface area contributed by atoms with E-state index in [1.165, 1.54) is 24.0 Å². The summed E-state index contributed by atoms with van der Waals surface area (Å²) in [5.74, 6) is 0. The third kappa shape index (κ3) is 1.80. The average molecular weight is 195 g/mol. The third-order valence-electron chi connectivity index (χ3n) is 2.86. The van der Waals surface area contributed by atoms with E-state index in [0.717, 1.165) is 19.3 Å². The molecule has 1 aromatic rings. The summed E-state index contributed by atoms with van der Waals surface area (Å²) in [7, 11) is 0. The monoisotopic (exact) mass is 195 g/mol. The van der Waals surface area contributed by atoms with E-state index in [-0.39, 0.29) is 5.41 Å². The third-order valence-corrected chi connectivity index (χ3v) is 3.64. The first-order valence-electron chi connectivity index (χ1n) is 4.68. The van der Waals surface area contributed by atoms with Crippen molar-refractivity contribution in [2.75, 3.05) is 0 Å². The number of aromatic nitrogens is 1. The Bertz CT molecular complexity index is 275. The van der Waals surface area contributed by atoms with Crippen molar-refractivity contribution < 1.29 is 4.79 Å². The highest BCUT2D eigenvalue weighted by Crippen LogP contribution is 2.39. The predicted molar refractivity (Wildman–Crippen MR) is 52.8 cm³/mol. The lowest BCUT2D eigenvalue weighted by Gasteiger charge is -2.19. The lowest BCUT2D eigenvalue weighted by atomic mass is 9.84. The molecule has 0 bridgehead atoms. The average Bonchev–Trinajstić information content (AvgIpc) is 2.77. The van der Waals surface area contributed by atoms with E-state index < -0.39 is 0 Å². The molecule has 1 heterocycles. The molecule has 0 amide bonds. The maximum atomic E-state index is 11.0. The molecule has 2 rings (SSSR count). The fourth-order valence-corrected chi connectivity index (χ4v) is 2.84. The molecule has 1 aliphatic rings. The number of thiazole rings is 1. The first-order valence-corrected chi connectivity index (χ1v) is 5.56. The molecule has 1 fully saturated rings. The van der Waals surface area contributed by atoms with Crippen molar-refractivity contribution in [2.24, 2.45) is 5.41 Å². The van der Waals surface area contributed by atoms with Gasteiger partial charge in [0.15, 0.2) is 0 Å². The minimum absolute atomic E-state index is 0.0491. The number of nitrogens with zero attached hydrogens (tertiary/aromatic N) is 1. The van der Waals surface area contributed by atoms with Gasteiger partial charge in [0.1, 0.15) is 6.29 Å². The second-order valence-corrected chi connectivity index (χ2v) is 4.80. The largest absolute Gasteiger partial charge is 0.303 e. The quantitative estimate of drug-likeness (QED) is 0.693. The highest BCUT2D eigenvalue weighted by molar-refractivity contribution is 7.09. The molecule has 0 atom stereocenters. The molecule has 2 nitrogen and oxygen atoms in total. The molecule has 0 N–H and O–H groups in total. The van der Waals surface area contributed by atoms with Crippen LogP contribution < -0.4 is 0 Å². The Morgan fingerprint density at radius 3 is 2.85 bits per heavy atom. The maximum absolute atomic E-state index is 11.0. The molecule has 0 aliphatic heterocycles. The second kappa shape index (κ2) is 3.58. The Balaban J connectivity index is 2.10. The second-order valence-electron chi connectivity index (χ2n) is 3.83. The molecular formula is C10H13NOS. The summed E-state index contributed by atoms with van der Waals surface area (Å²) in [5, 5.41) is 0. The zero-order valence-corrected chi connectivity index (χ0v) is 8.35. The van der Waals surface area contributed by atoms with Gasteiger partial charge in [-0.25, -0.2) is 0 Å². The van der Waals surface area contributed by atoms with Gasteiger partial charge in [-0.1, -0.05) is 12.8 Å². The van der Waals surface area contributed by atoms with Crippen LogP contribution in [-0.2, 0) is 11.2 Å². The summed E-state index contributed by atoms with van der Waals surface area (Å²) < 4.78 is 0. The van der Waals surface area contributed by atoms with Crippen molar-refractivity contribution in [3.63, 3.8) is 0 Å². The van der Waals surface area contributed by atoms with Gasteiger partial charge in [-0.3, -0.25) is 4.98 Å². The number of carbonyl (C=O) groups is 1. The van der Waals surface area contributed by atoms with Gasteiger partial charge in [-0.05, 0) is 19.3 Å². The van der Waals surface area contributed by atoms with E-state index in [4.69, 9.17) is 0 Å². The summed E-state index contributed by atoms with van der Waals surface area (Å²) in [4.78, 5) is 16.3. The zero-order valence-electron chi connectivity index (χ0n) is 7.53. The molecular weight excluding hydrogens is 182 g/mol. The molecule has 13 heavy (non-hydrogen) atoms. The number of hydrogen-bond acceptors (Lipinski definition) is 3. The van der Waals surface area contributed by atoms with Gasteiger partial charge in [-0.2, -0.15) is 0 Å². The highest BCUT2D eigenvalue weighted by atomic mass is 32.1. The van der Waals surface area contributed by atoms with Crippen molar-refractivity contribution in [3.8, 4) is 0 Å². The Kier molecular flexibility index (Phi) is 2.44. The fraction of sp³-hybridized carbons (Fsp3) is 0.600. The minimum Gasteiger partial charge on any atom is -0.303 e. The van der Waals surface area contributed by atoms with Gasteiger partial charge in [0.25, 0.3) is 0 Å². The van der Waals surface area contributed by atoms with Gasteiger partial charge in [0, 0.05) is 16.5 Å². The normalized spacial score (nSPS) is 20.3. The van der Waals surface area contributed by atoms with E-state index >= 15 is 0 Å². The van der Waals surface area contributed by atoms with Gasteiger partial charge in [-0.15, -0.1) is 11.3 Å². The molecule has 1 aliphatic carbocycles. The van der Waals surface area contributed by atoms with Crippen LogP contribution in [0.15, 0.2) is 11.7 Å². The number of carbonyl (C=O) groups excluding carboxylic acids is 1. The number of aldehydes is 1. The predicted octanol–water partition coefficient (Wildman–Crippen LogP) is 2.44. The van der Waals surface area contributed by atoms with E-state index in [2.05, 4.69) is 4.98 Å². The van der Waals surface area contributed by atoms with Crippen molar-refractivity contribution in [3.05, 3.63) is 16.6 Å². The first kappa shape index (κ1) is 8.88. The number of rotatable bonds is 3. The lowest BCUT2D eigenvalue weighted by Crippen LogP contribution is -2.20. The molecule has 3 heteroatoms. The topological polar surface area (TPSA) is 30.0 Å². The zero-order chi connectivity index (χ0) is 9.15. The van der Waals surface area contributed by atoms with Gasteiger partial charge >= 0.3 is 0 Å². The van der Waals surface area contributed by atoms with E-state index in [9.17, 15) is 4.79 Å². The fourth-order valence-electron chi connectivity index (χ4n) is 2.09.